The van der Waals surface area contributed by atoms with Gasteiger partial charge in [0, 0.05) is 12.6 Å². The molecule has 3 rings (SSSR count). The molecule has 1 atom stereocenters. The normalized spacial score (nSPS) is 15.1. The highest BCUT2D eigenvalue weighted by Crippen LogP contribution is 2.25. The van der Waals surface area contributed by atoms with Crippen LogP contribution in [-0.4, -0.2) is 50.0 Å². The molecule has 1 N–H and O–H groups in total. The van der Waals surface area contributed by atoms with Crippen LogP contribution in [0.3, 0.4) is 0 Å². The Morgan fingerprint density at radius 1 is 1.06 bits per heavy atom. The van der Waals surface area contributed by atoms with Crippen molar-refractivity contribution in [2.24, 2.45) is 0 Å². The van der Waals surface area contributed by atoms with E-state index in [0.29, 0.717) is 5.69 Å². The fraction of sp³-hybridized carbons (Fsp3) is 0.462. The second kappa shape index (κ2) is 11.0. The van der Waals surface area contributed by atoms with Gasteiger partial charge in [-0.1, -0.05) is 55.3 Å². The molecule has 184 valence electrons. The molecule has 1 saturated carbocycles. The van der Waals surface area contributed by atoms with Crippen LogP contribution >= 0.6 is 0 Å². The van der Waals surface area contributed by atoms with E-state index in [-0.39, 0.29) is 25.0 Å². The Kier molecular flexibility index (Phi) is 8.36. The van der Waals surface area contributed by atoms with Gasteiger partial charge in [0.25, 0.3) is 0 Å². The second-order valence-electron chi connectivity index (χ2n) is 9.23. The van der Waals surface area contributed by atoms with Gasteiger partial charge in [0.1, 0.15) is 12.6 Å². The molecule has 0 aromatic heterocycles. The van der Waals surface area contributed by atoms with Gasteiger partial charge in [-0.2, -0.15) is 0 Å². The average molecular weight is 486 g/mol. The van der Waals surface area contributed by atoms with E-state index in [9.17, 15) is 18.0 Å². The summed E-state index contributed by atoms with van der Waals surface area (Å²) in [6.07, 6.45) is 5.16. The smallest absolute Gasteiger partial charge is 0.244 e. The first-order chi connectivity index (χ1) is 16.1. The number of rotatable bonds is 9. The highest BCUT2D eigenvalue weighted by molar-refractivity contribution is 7.92. The van der Waals surface area contributed by atoms with Gasteiger partial charge in [0.2, 0.25) is 21.8 Å². The van der Waals surface area contributed by atoms with Gasteiger partial charge in [-0.25, -0.2) is 8.42 Å². The average Bonchev–Trinajstić information content (AvgIpc) is 3.30. The SMILES string of the molecule is Cc1ccc(C)c(N(CC(=O)N(Cc2ccccc2)[C@H](C)C(=O)NC2CCCC2)S(C)(=O)=O)c1. The number of hydrogen-bond acceptors (Lipinski definition) is 4. The molecule has 7 nitrogen and oxygen atoms in total. The third-order valence-electron chi connectivity index (χ3n) is 6.38. The topological polar surface area (TPSA) is 86.8 Å². The number of nitrogens with one attached hydrogen (secondary N) is 1. The van der Waals surface area contributed by atoms with Crippen molar-refractivity contribution in [2.75, 3.05) is 17.1 Å². The molecule has 8 heteroatoms. The highest BCUT2D eigenvalue weighted by Gasteiger charge is 2.31. The molecule has 2 amide bonds. The fourth-order valence-corrected chi connectivity index (χ4v) is 5.24. The molecular formula is C26H35N3O4S. The summed E-state index contributed by atoms with van der Waals surface area (Å²) in [5, 5.41) is 3.07. The van der Waals surface area contributed by atoms with Crippen molar-refractivity contribution >= 4 is 27.5 Å². The number of carbonyl (C=O) groups excluding carboxylic acids is 2. The molecule has 1 aliphatic rings. The molecule has 0 aliphatic heterocycles. The predicted molar refractivity (Wildman–Crippen MR) is 135 cm³/mol. The van der Waals surface area contributed by atoms with E-state index in [4.69, 9.17) is 0 Å². The van der Waals surface area contributed by atoms with Crippen molar-refractivity contribution in [3.05, 3.63) is 65.2 Å². The number of sulfonamides is 1. The lowest BCUT2D eigenvalue weighted by Crippen LogP contribution is -2.52. The van der Waals surface area contributed by atoms with Gasteiger partial charge >= 0.3 is 0 Å². The number of hydrogen-bond donors (Lipinski definition) is 1. The van der Waals surface area contributed by atoms with Crippen molar-refractivity contribution in [1.29, 1.82) is 0 Å². The Labute approximate surface area is 203 Å². The Morgan fingerprint density at radius 3 is 2.32 bits per heavy atom. The molecular weight excluding hydrogens is 450 g/mol. The summed E-state index contributed by atoms with van der Waals surface area (Å²) in [6.45, 7) is 5.23. The maximum Gasteiger partial charge on any atom is 0.244 e. The molecule has 0 saturated heterocycles. The molecule has 0 heterocycles. The molecule has 0 bridgehead atoms. The summed E-state index contributed by atoms with van der Waals surface area (Å²) < 4.78 is 26.6. The Morgan fingerprint density at radius 2 is 1.71 bits per heavy atom. The zero-order chi connectivity index (χ0) is 24.9. The Hall–Kier alpha value is -2.87. The third-order valence-corrected chi connectivity index (χ3v) is 7.50. The summed E-state index contributed by atoms with van der Waals surface area (Å²) in [6, 6.07) is 14.3. The lowest BCUT2D eigenvalue weighted by Gasteiger charge is -2.32. The highest BCUT2D eigenvalue weighted by atomic mass is 32.2. The van der Waals surface area contributed by atoms with Gasteiger partial charge in [-0.3, -0.25) is 13.9 Å². The lowest BCUT2D eigenvalue weighted by atomic mass is 10.1. The minimum Gasteiger partial charge on any atom is -0.352 e. The number of carbonyl (C=O) groups is 2. The van der Waals surface area contributed by atoms with Crippen LogP contribution in [0.5, 0.6) is 0 Å². The fourth-order valence-electron chi connectivity index (χ4n) is 4.34. The van der Waals surface area contributed by atoms with Gasteiger partial charge in [-0.15, -0.1) is 0 Å². The number of amides is 2. The number of nitrogens with zero attached hydrogens (tertiary/aromatic N) is 2. The second-order valence-corrected chi connectivity index (χ2v) is 11.1. The van der Waals surface area contributed by atoms with Crippen molar-refractivity contribution in [3.63, 3.8) is 0 Å². The molecule has 1 fully saturated rings. The third kappa shape index (κ3) is 6.59. The Bertz CT molecular complexity index is 1110. The van der Waals surface area contributed by atoms with Crippen LogP contribution in [0.1, 0.15) is 49.3 Å². The number of benzene rings is 2. The number of anilines is 1. The maximum absolute atomic E-state index is 13.6. The van der Waals surface area contributed by atoms with Crippen molar-refractivity contribution in [2.45, 2.75) is 65.1 Å². The summed E-state index contributed by atoms with van der Waals surface area (Å²) >= 11 is 0. The van der Waals surface area contributed by atoms with Crippen LogP contribution in [0.25, 0.3) is 0 Å². The zero-order valence-corrected chi connectivity index (χ0v) is 21.3. The molecule has 1 aliphatic carbocycles. The van der Waals surface area contributed by atoms with E-state index >= 15 is 0 Å². The van der Waals surface area contributed by atoms with E-state index in [1.165, 1.54) is 4.90 Å². The Balaban J connectivity index is 1.89. The predicted octanol–water partition coefficient (Wildman–Crippen LogP) is 3.55. The zero-order valence-electron chi connectivity index (χ0n) is 20.5. The van der Waals surface area contributed by atoms with E-state index < -0.39 is 22.0 Å². The van der Waals surface area contributed by atoms with Crippen LogP contribution < -0.4 is 9.62 Å². The van der Waals surface area contributed by atoms with Crippen LogP contribution in [0.4, 0.5) is 5.69 Å². The first-order valence-electron chi connectivity index (χ1n) is 11.7. The first kappa shape index (κ1) is 25.7. The monoisotopic (exact) mass is 485 g/mol. The lowest BCUT2D eigenvalue weighted by molar-refractivity contribution is -0.139. The summed E-state index contributed by atoms with van der Waals surface area (Å²) in [5.41, 5.74) is 2.99. The largest absolute Gasteiger partial charge is 0.352 e. The minimum absolute atomic E-state index is 0.131. The standard InChI is InChI=1S/C26H35N3O4S/c1-19-14-15-20(2)24(16-19)29(34(4,32)33)18-25(30)28(17-22-10-6-5-7-11-22)21(3)26(31)27-23-12-8-9-13-23/h5-7,10-11,14-16,21,23H,8-9,12-13,17-18H2,1-4H3,(H,27,31)/t21-/m1/s1. The molecule has 2 aromatic rings. The maximum atomic E-state index is 13.6. The van der Waals surface area contributed by atoms with Gasteiger partial charge in [0.05, 0.1) is 11.9 Å². The van der Waals surface area contributed by atoms with Gasteiger partial charge in [0.15, 0.2) is 0 Å². The molecule has 0 unspecified atom stereocenters. The van der Waals surface area contributed by atoms with Crippen molar-refractivity contribution in [1.82, 2.24) is 10.2 Å². The molecule has 34 heavy (non-hydrogen) atoms. The summed E-state index contributed by atoms with van der Waals surface area (Å²) in [5.74, 6) is -0.641. The van der Waals surface area contributed by atoms with E-state index in [1.54, 1.807) is 13.0 Å². The summed E-state index contributed by atoms with van der Waals surface area (Å²) in [4.78, 5) is 28.1. The van der Waals surface area contributed by atoms with Gasteiger partial charge in [-0.05, 0) is 56.4 Å². The minimum atomic E-state index is -3.74. The van der Waals surface area contributed by atoms with E-state index in [1.807, 2.05) is 56.3 Å². The van der Waals surface area contributed by atoms with E-state index in [2.05, 4.69) is 5.32 Å². The van der Waals surface area contributed by atoms with Crippen LogP contribution in [-0.2, 0) is 26.2 Å². The van der Waals surface area contributed by atoms with E-state index in [0.717, 1.165) is 52.9 Å². The number of aryl methyl sites for hydroxylation is 2. The quantitative estimate of drug-likeness (QED) is 0.589. The van der Waals surface area contributed by atoms with Crippen LogP contribution in [0.2, 0.25) is 0 Å². The summed E-state index contributed by atoms with van der Waals surface area (Å²) in [7, 11) is -3.74. The molecule has 2 aromatic carbocycles. The van der Waals surface area contributed by atoms with Gasteiger partial charge < -0.3 is 10.2 Å². The van der Waals surface area contributed by atoms with Crippen molar-refractivity contribution in [3.8, 4) is 0 Å². The molecule has 0 spiro atoms. The molecule has 0 radical (unpaired) electrons. The van der Waals surface area contributed by atoms with Crippen molar-refractivity contribution < 1.29 is 18.0 Å². The first-order valence-corrected chi connectivity index (χ1v) is 13.6. The van der Waals surface area contributed by atoms with Crippen LogP contribution in [0.15, 0.2) is 48.5 Å². The van der Waals surface area contributed by atoms with Crippen LogP contribution in [0, 0.1) is 13.8 Å².